The van der Waals surface area contributed by atoms with E-state index in [1.165, 1.54) is 19.3 Å². The molecule has 3 N–H and O–H groups in total. The fourth-order valence-electron chi connectivity index (χ4n) is 1.68. The molecule has 2 amide bonds. The topological polar surface area (TPSA) is 72.2 Å². The van der Waals surface area contributed by atoms with Gasteiger partial charge in [0.2, 0.25) is 0 Å². The summed E-state index contributed by atoms with van der Waals surface area (Å²) in [5, 5.41) is 2.35. The van der Waals surface area contributed by atoms with Crippen LogP contribution < -0.4 is 11.1 Å². The lowest BCUT2D eigenvalue weighted by atomic mass is 9.87. The van der Waals surface area contributed by atoms with Crippen LogP contribution in [0, 0.1) is 5.92 Å². The quantitative estimate of drug-likeness (QED) is 0.736. The summed E-state index contributed by atoms with van der Waals surface area (Å²) in [5.41, 5.74) is 4.65. The van der Waals surface area contributed by atoms with Crippen LogP contribution in [0.15, 0.2) is 0 Å². The summed E-state index contributed by atoms with van der Waals surface area (Å²) in [7, 11) is 0. The molecule has 0 aromatic heterocycles. The predicted molar refractivity (Wildman–Crippen MR) is 60.5 cm³/mol. The molecule has 1 aliphatic rings. The second-order valence-corrected chi connectivity index (χ2v) is 3.84. The molecule has 4 heteroatoms. The van der Waals surface area contributed by atoms with Crippen molar-refractivity contribution >= 4 is 11.8 Å². The molecule has 15 heavy (non-hydrogen) atoms. The first-order valence-corrected chi connectivity index (χ1v) is 5.61. The summed E-state index contributed by atoms with van der Waals surface area (Å²) in [6.07, 6.45) is 6.17. The number of amides is 2. The van der Waals surface area contributed by atoms with E-state index < -0.39 is 6.03 Å². The maximum atomic E-state index is 10.8. The van der Waals surface area contributed by atoms with Crippen molar-refractivity contribution in [3.8, 4) is 0 Å². The molecule has 0 unspecified atom stereocenters. The van der Waals surface area contributed by atoms with E-state index in [9.17, 15) is 9.59 Å². The smallest absolute Gasteiger partial charge is 0.312 e. The van der Waals surface area contributed by atoms with Crippen LogP contribution in [0.5, 0.6) is 0 Å². The number of carbonyl (C=O) groups is 2. The second kappa shape index (κ2) is 8.26. The molecule has 0 saturated heterocycles. The Bertz CT molecular complexity index is 199. The van der Waals surface area contributed by atoms with E-state index in [0.717, 1.165) is 12.8 Å². The average Bonchev–Trinajstić information content (AvgIpc) is 2.20. The molecule has 0 heterocycles. The van der Waals surface area contributed by atoms with Gasteiger partial charge in [-0.3, -0.25) is 4.79 Å². The molecular formula is C11H22N2O2. The zero-order valence-electron chi connectivity index (χ0n) is 9.71. The number of nitrogens with two attached hydrogens (primary N) is 1. The molecular weight excluding hydrogens is 192 g/mol. The number of Topliss-reactive ketones (excluding diaryl/α,β-unsaturated/α-hetero) is 1. The Morgan fingerprint density at radius 2 is 1.80 bits per heavy atom. The number of hydrogen-bond donors (Lipinski definition) is 2. The summed E-state index contributed by atoms with van der Waals surface area (Å²) in [6, 6.07) is -0.461. The van der Waals surface area contributed by atoms with Crippen LogP contribution in [0.1, 0.15) is 46.0 Å². The predicted octanol–water partition coefficient (Wildman–Crippen LogP) is 1.83. The minimum atomic E-state index is -0.461. The van der Waals surface area contributed by atoms with Crippen LogP contribution in [0.4, 0.5) is 4.79 Å². The number of carbonyl (C=O) groups excluding carboxylic acids is 2. The highest BCUT2D eigenvalue weighted by Gasteiger charge is 2.16. The van der Waals surface area contributed by atoms with E-state index in [1.807, 2.05) is 6.92 Å². The zero-order valence-corrected chi connectivity index (χ0v) is 9.71. The monoisotopic (exact) mass is 214 g/mol. The molecule has 88 valence electrons. The third-order valence-corrected chi connectivity index (χ3v) is 2.53. The van der Waals surface area contributed by atoms with Gasteiger partial charge < -0.3 is 11.1 Å². The minimum Gasteiger partial charge on any atom is -0.352 e. The molecule has 0 atom stereocenters. The SMILES string of the molecule is CC(=O)C1CCCCC1.CCNC(N)=O. The lowest BCUT2D eigenvalue weighted by Gasteiger charge is -2.17. The van der Waals surface area contributed by atoms with Gasteiger partial charge in [-0.15, -0.1) is 0 Å². The number of primary amides is 1. The normalized spacial score (nSPS) is 16.1. The zero-order chi connectivity index (χ0) is 11.7. The lowest BCUT2D eigenvalue weighted by molar-refractivity contribution is -0.121. The average molecular weight is 214 g/mol. The van der Waals surface area contributed by atoms with Gasteiger partial charge in [-0.25, -0.2) is 4.79 Å². The maximum Gasteiger partial charge on any atom is 0.312 e. The van der Waals surface area contributed by atoms with Crippen LogP contribution in [0.2, 0.25) is 0 Å². The summed E-state index contributed by atoms with van der Waals surface area (Å²) >= 11 is 0. The summed E-state index contributed by atoms with van der Waals surface area (Å²) in [5.74, 6) is 0.813. The van der Waals surface area contributed by atoms with Crippen molar-refractivity contribution < 1.29 is 9.59 Å². The van der Waals surface area contributed by atoms with Crippen molar-refractivity contribution in [2.45, 2.75) is 46.0 Å². The van der Waals surface area contributed by atoms with Gasteiger partial charge in [-0.1, -0.05) is 19.3 Å². The third kappa shape index (κ3) is 7.97. The van der Waals surface area contributed by atoms with Gasteiger partial charge in [0.25, 0.3) is 0 Å². The van der Waals surface area contributed by atoms with Crippen molar-refractivity contribution in [3.63, 3.8) is 0 Å². The van der Waals surface area contributed by atoms with Gasteiger partial charge in [-0.05, 0) is 26.7 Å². The molecule has 0 radical (unpaired) electrons. The molecule has 4 nitrogen and oxygen atoms in total. The number of ketones is 1. The Hall–Kier alpha value is -1.06. The molecule has 1 rings (SSSR count). The number of hydrogen-bond acceptors (Lipinski definition) is 2. The highest BCUT2D eigenvalue weighted by molar-refractivity contribution is 5.78. The molecule has 0 aromatic rings. The molecule has 0 aliphatic heterocycles. The van der Waals surface area contributed by atoms with Crippen molar-refractivity contribution in [2.24, 2.45) is 11.7 Å². The summed E-state index contributed by atoms with van der Waals surface area (Å²) in [4.78, 5) is 20.5. The summed E-state index contributed by atoms with van der Waals surface area (Å²) < 4.78 is 0. The van der Waals surface area contributed by atoms with Gasteiger partial charge in [0, 0.05) is 12.5 Å². The van der Waals surface area contributed by atoms with E-state index in [1.54, 1.807) is 6.92 Å². The van der Waals surface area contributed by atoms with E-state index in [-0.39, 0.29) is 0 Å². The van der Waals surface area contributed by atoms with Crippen molar-refractivity contribution in [1.82, 2.24) is 5.32 Å². The Balaban J connectivity index is 0.000000288. The Morgan fingerprint density at radius 3 is 2.00 bits per heavy atom. The third-order valence-electron chi connectivity index (χ3n) is 2.53. The first kappa shape index (κ1) is 13.9. The molecule has 0 spiro atoms. The van der Waals surface area contributed by atoms with E-state index >= 15 is 0 Å². The van der Waals surface area contributed by atoms with Crippen LogP contribution in [-0.4, -0.2) is 18.4 Å². The van der Waals surface area contributed by atoms with E-state index in [4.69, 9.17) is 0 Å². The van der Waals surface area contributed by atoms with Crippen LogP contribution in [-0.2, 0) is 4.79 Å². The molecule has 1 saturated carbocycles. The standard InChI is InChI=1S/C8H14O.C3H8N2O/c1-7(9)8-5-3-2-4-6-8;1-2-5-3(4)6/h8H,2-6H2,1H3;2H2,1H3,(H3,4,5,6). The van der Waals surface area contributed by atoms with Crippen molar-refractivity contribution in [2.75, 3.05) is 6.54 Å². The van der Waals surface area contributed by atoms with Crippen molar-refractivity contribution in [1.29, 1.82) is 0 Å². The van der Waals surface area contributed by atoms with Crippen molar-refractivity contribution in [3.05, 3.63) is 0 Å². The fraction of sp³-hybridized carbons (Fsp3) is 0.818. The lowest BCUT2D eigenvalue weighted by Crippen LogP contribution is -2.28. The maximum absolute atomic E-state index is 10.8. The Morgan fingerprint density at radius 1 is 1.27 bits per heavy atom. The first-order valence-electron chi connectivity index (χ1n) is 5.61. The van der Waals surface area contributed by atoms with Crippen LogP contribution in [0.3, 0.4) is 0 Å². The van der Waals surface area contributed by atoms with Gasteiger partial charge >= 0.3 is 6.03 Å². The Labute approximate surface area is 91.6 Å². The number of nitrogens with one attached hydrogen (secondary N) is 1. The molecule has 1 fully saturated rings. The molecule has 1 aliphatic carbocycles. The number of urea groups is 1. The largest absolute Gasteiger partial charge is 0.352 e. The second-order valence-electron chi connectivity index (χ2n) is 3.84. The van der Waals surface area contributed by atoms with Crippen LogP contribution in [0.25, 0.3) is 0 Å². The summed E-state index contributed by atoms with van der Waals surface area (Å²) in [6.45, 7) is 4.14. The van der Waals surface area contributed by atoms with Gasteiger partial charge in [0.1, 0.15) is 5.78 Å². The van der Waals surface area contributed by atoms with E-state index in [0.29, 0.717) is 18.2 Å². The number of rotatable bonds is 2. The first-order chi connectivity index (χ1) is 7.07. The highest BCUT2D eigenvalue weighted by atomic mass is 16.2. The minimum absolute atomic E-state index is 0.398. The van der Waals surface area contributed by atoms with Gasteiger partial charge in [-0.2, -0.15) is 0 Å². The molecule has 0 aromatic carbocycles. The Kier molecular flexibility index (Phi) is 7.68. The van der Waals surface area contributed by atoms with E-state index in [2.05, 4.69) is 11.1 Å². The van der Waals surface area contributed by atoms with Crippen LogP contribution >= 0.6 is 0 Å². The van der Waals surface area contributed by atoms with Gasteiger partial charge in [0.15, 0.2) is 0 Å². The molecule has 0 bridgehead atoms. The fourth-order valence-corrected chi connectivity index (χ4v) is 1.68. The van der Waals surface area contributed by atoms with Gasteiger partial charge in [0.05, 0.1) is 0 Å². The highest BCUT2D eigenvalue weighted by Crippen LogP contribution is 2.23.